The highest BCUT2D eigenvalue weighted by molar-refractivity contribution is 5.76. The molecule has 4 rings (SSSR count). The Hall–Kier alpha value is -2.48. The van der Waals surface area contributed by atoms with Gasteiger partial charge in [-0.3, -0.25) is 0 Å². The molecule has 0 bridgehead atoms. The summed E-state index contributed by atoms with van der Waals surface area (Å²) in [5, 5.41) is 0. The van der Waals surface area contributed by atoms with Crippen LogP contribution in [0.3, 0.4) is 0 Å². The van der Waals surface area contributed by atoms with Crippen LogP contribution in [0.1, 0.15) is 11.1 Å². The number of allylic oxidation sites excluding steroid dienone is 1. The van der Waals surface area contributed by atoms with Crippen LogP contribution in [0.5, 0.6) is 0 Å². The minimum atomic E-state index is 0.922. The Morgan fingerprint density at radius 2 is 1.65 bits per heavy atom. The summed E-state index contributed by atoms with van der Waals surface area (Å²) >= 11 is 0. The number of fused-ring (bicyclic) bond motifs is 3. The summed E-state index contributed by atoms with van der Waals surface area (Å²) in [4.78, 5) is 4.73. The second-order valence-electron chi connectivity index (χ2n) is 5.25. The van der Waals surface area contributed by atoms with Crippen LogP contribution in [0.25, 0.3) is 6.08 Å². The highest BCUT2D eigenvalue weighted by Crippen LogP contribution is 2.34. The number of para-hydroxylation sites is 1. The van der Waals surface area contributed by atoms with Crippen LogP contribution in [-0.4, -0.2) is 11.6 Å². The topological polar surface area (TPSA) is 6.48 Å². The maximum absolute atomic E-state index is 2.37. The predicted molar refractivity (Wildman–Crippen MR) is 82.9 cm³/mol. The van der Waals surface area contributed by atoms with E-state index in [4.69, 9.17) is 0 Å². The van der Waals surface area contributed by atoms with Gasteiger partial charge in [0.05, 0.1) is 18.1 Å². The molecule has 2 aliphatic rings. The Labute approximate surface area is 119 Å². The molecule has 2 aromatic carbocycles. The monoisotopic (exact) mass is 260 g/mol. The molecule has 98 valence electrons. The van der Waals surface area contributed by atoms with Crippen LogP contribution in [0.4, 0.5) is 5.69 Å². The molecule has 0 saturated heterocycles. The van der Waals surface area contributed by atoms with Gasteiger partial charge in [-0.2, -0.15) is 0 Å². The van der Waals surface area contributed by atoms with E-state index in [-0.39, 0.29) is 0 Å². The first-order chi connectivity index (χ1) is 9.90. The lowest BCUT2D eigenvalue weighted by Crippen LogP contribution is -2.27. The molecule has 2 nitrogen and oxygen atoms in total. The van der Waals surface area contributed by atoms with Crippen molar-refractivity contribution in [1.29, 1.82) is 0 Å². The van der Waals surface area contributed by atoms with Crippen molar-refractivity contribution >= 4 is 11.8 Å². The van der Waals surface area contributed by atoms with Gasteiger partial charge < -0.3 is 9.80 Å². The van der Waals surface area contributed by atoms with Gasteiger partial charge in [-0.25, -0.2) is 0 Å². The minimum absolute atomic E-state index is 0.922. The standard InChI is InChI=1S/C18H16N2/c1-2-6-15(7-3-1)12-19-13-17-11-10-16-8-4-5-9-18(16)20(17)14-19/h1-11,13H,12,14H2. The quantitative estimate of drug-likeness (QED) is 0.809. The maximum atomic E-state index is 2.37. The van der Waals surface area contributed by atoms with E-state index in [1.807, 2.05) is 0 Å². The number of rotatable bonds is 2. The molecule has 0 unspecified atom stereocenters. The van der Waals surface area contributed by atoms with Gasteiger partial charge in [-0.1, -0.05) is 54.6 Å². The molecule has 2 heteroatoms. The summed E-state index contributed by atoms with van der Waals surface area (Å²) < 4.78 is 0. The third kappa shape index (κ3) is 1.90. The first-order valence-electron chi connectivity index (χ1n) is 6.95. The van der Waals surface area contributed by atoms with E-state index < -0.39 is 0 Å². The summed E-state index contributed by atoms with van der Waals surface area (Å²) in [7, 11) is 0. The van der Waals surface area contributed by atoms with E-state index in [1.54, 1.807) is 0 Å². The first-order valence-corrected chi connectivity index (χ1v) is 6.95. The van der Waals surface area contributed by atoms with E-state index >= 15 is 0 Å². The second-order valence-corrected chi connectivity index (χ2v) is 5.25. The molecule has 0 spiro atoms. The zero-order valence-electron chi connectivity index (χ0n) is 11.2. The Morgan fingerprint density at radius 1 is 0.850 bits per heavy atom. The molecule has 0 radical (unpaired) electrons. The molecule has 2 heterocycles. The molecule has 0 fully saturated rings. The van der Waals surface area contributed by atoms with Gasteiger partial charge in [0, 0.05) is 12.7 Å². The van der Waals surface area contributed by atoms with Crippen LogP contribution in [-0.2, 0) is 6.54 Å². The number of benzene rings is 2. The third-order valence-corrected chi connectivity index (χ3v) is 3.84. The van der Waals surface area contributed by atoms with E-state index in [0.29, 0.717) is 0 Å². The van der Waals surface area contributed by atoms with Gasteiger partial charge in [-0.05, 0) is 23.3 Å². The predicted octanol–water partition coefficient (Wildman–Crippen LogP) is 3.83. The molecule has 0 saturated carbocycles. The maximum Gasteiger partial charge on any atom is 0.0951 e. The second kappa shape index (κ2) is 4.57. The molecule has 2 aliphatic heterocycles. The van der Waals surface area contributed by atoms with Crippen LogP contribution in [0.2, 0.25) is 0 Å². The minimum Gasteiger partial charge on any atom is -0.353 e. The van der Waals surface area contributed by atoms with E-state index in [9.17, 15) is 0 Å². The fourth-order valence-electron chi connectivity index (χ4n) is 2.87. The van der Waals surface area contributed by atoms with Crippen LogP contribution in [0, 0.1) is 0 Å². The van der Waals surface area contributed by atoms with E-state index in [0.717, 1.165) is 13.2 Å². The third-order valence-electron chi connectivity index (χ3n) is 3.84. The summed E-state index contributed by atoms with van der Waals surface area (Å²) in [5.41, 5.74) is 5.23. The Balaban J connectivity index is 1.60. The number of hydrogen-bond donors (Lipinski definition) is 0. The lowest BCUT2D eigenvalue weighted by Gasteiger charge is -2.27. The molecular formula is C18H16N2. The SMILES string of the molecule is C1=Cc2ccccc2N2CN(Cc3ccccc3)C=C12. The highest BCUT2D eigenvalue weighted by atomic mass is 15.4. The Morgan fingerprint density at radius 3 is 2.55 bits per heavy atom. The van der Waals surface area contributed by atoms with Gasteiger partial charge in [0.25, 0.3) is 0 Å². The van der Waals surface area contributed by atoms with Crippen LogP contribution >= 0.6 is 0 Å². The van der Waals surface area contributed by atoms with Crippen molar-refractivity contribution in [2.75, 3.05) is 11.6 Å². The molecule has 0 amide bonds. The lowest BCUT2D eigenvalue weighted by atomic mass is 10.1. The van der Waals surface area contributed by atoms with E-state index in [1.165, 1.54) is 22.5 Å². The van der Waals surface area contributed by atoms with Gasteiger partial charge in [0.15, 0.2) is 0 Å². The Kier molecular flexibility index (Phi) is 2.59. The smallest absolute Gasteiger partial charge is 0.0951 e. The number of hydrogen-bond acceptors (Lipinski definition) is 2. The van der Waals surface area contributed by atoms with Gasteiger partial charge in [0.2, 0.25) is 0 Å². The largest absolute Gasteiger partial charge is 0.353 e. The van der Waals surface area contributed by atoms with Crippen molar-refractivity contribution in [3.8, 4) is 0 Å². The molecule has 0 N–H and O–H groups in total. The molecule has 2 aromatic rings. The van der Waals surface area contributed by atoms with Crippen molar-refractivity contribution in [2.45, 2.75) is 6.54 Å². The fourth-order valence-corrected chi connectivity index (χ4v) is 2.87. The summed E-state index contributed by atoms with van der Waals surface area (Å²) in [6, 6.07) is 19.2. The van der Waals surface area contributed by atoms with Crippen molar-refractivity contribution in [2.24, 2.45) is 0 Å². The average molecular weight is 260 g/mol. The van der Waals surface area contributed by atoms with Gasteiger partial charge >= 0.3 is 0 Å². The van der Waals surface area contributed by atoms with Crippen LogP contribution in [0.15, 0.2) is 72.6 Å². The molecular weight excluding hydrogens is 244 g/mol. The zero-order valence-corrected chi connectivity index (χ0v) is 11.2. The molecule has 20 heavy (non-hydrogen) atoms. The number of nitrogens with zero attached hydrogens (tertiary/aromatic N) is 2. The summed E-state index contributed by atoms with van der Waals surface area (Å²) in [6.07, 6.45) is 6.65. The highest BCUT2D eigenvalue weighted by Gasteiger charge is 2.24. The fraction of sp³-hybridized carbons (Fsp3) is 0.111. The molecule has 0 atom stereocenters. The molecule has 0 aromatic heterocycles. The average Bonchev–Trinajstić information content (AvgIpc) is 2.91. The Bertz CT molecular complexity index is 686. The van der Waals surface area contributed by atoms with Gasteiger partial charge in [0.1, 0.15) is 0 Å². The van der Waals surface area contributed by atoms with E-state index in [2.05, 4.69) is 82.7 Å². The normalized spacial score (nSPS) is 15.9. The lowest BCUT2D eigenvalue weighted by molar-refractivity contribution is 0.400. The summed E-state index contributed by atoms with van der Waals surface area (Å²) in [6.45, 7) is 1.88. The number of anilines is 1. The zero-order chi connectivity index (χ0) is 13.4. The molecule has 0 aliphatic carbocycles. The van der Waals surface area contributed by atoms with Crippen molar-refractivity contribution < 1.29 is 0 Å². The van der Waals surface area contributed by atoms with Crippen LogP contribution < -0.4 is 4.90 Å². The van der Waals surface area contributed by atoms with Gasteiger partial charge in [-0.15, -0.1) is 0 Å². The van der Waals surface area contributed by atoms with Crippen molar-refractivity contribution in [3.63, 3.8) is 0 Å². The first kappa shape index (κ1) is 11.4. The summed E-state index contributed by atoms with van der Waals surface area (Å²) in [5.74, 6) is 0. The van der Waals surface area contributed by atoms with Crippen molar-refractivity contribution in [1.82, 2.24) is 4.90 Å². The van der Waals surface area contributed by atoms with Crippen molar-refractivity contribution in [3.05, 3.63) is 83.7 Å².